The molecule has 1 saturated heterocycles. The van der Waals surface area contributed by atoms with Crippen LogP contribution in [0.5, 0.6) is 0 Å². The molecule has 3 aromatic rings. The van der Waals surface area contributed by atoms with Gasteiger partial charge in [-0.3, -0.25) is 4.98 Å². The first-order chi connectivity index (χ1) is 10.4. The fourth-order valence-corrected chi connectivity index (χ4v) is 3.18. The second kappa shape index (κ2) is 5.38. The smallest absolute Gasteiger partial charge is 0.148 e. The zero-order valence-electron chi connectivity index (χ0n) is 11.3. The minimum atomic E-state index is 0.0204. The van der Waals surface area contributed by atoms with Gasteiger partial charge in [0, 0.05) is 18.1 Å². The molecular formula is C15H14N4OS. The lowest BCUT2D eigenvalue weighted by Crippen LogP contribution is -2.38. The molecule has 6 heteroatoms. The Kier molecular flexibility index (Phi) is 3.25. The van der Waals surface area contributed by atoms with Gasteiger partial charge >= 0.3 is 0 Å². The molecule has 1 aliphatic heterocycles. The van der Waals surface area contributed by atoms with Gasteiger partial charge in [0.2, 0.25) is 0 Å². The van der Waals surface area contributed by atoms with Crippen LogP contribution in [0.4, 0.5) is 5.82 Å². The van der Waals surface area contributed by atoms with Crippen LogP contribution in [-0.4, -0.2) is 34.6 Å². The summed E-state index contributed by atoms with van der Waals surface area (Å²) in [6.45, 7) is 2.27. The van der Waals surface area contributed by atoms with Gasteiger partial charge in [-0.25, -0.2) is 9.97 Å². The summed E-state index contributed by atoms with van der Waals surface area (Å²) in [5, 5.41) is 3.00. The molecular weight excluding hydrogens is 284 g/mol. The number of anilines is 1. The van der Waals surface area contributed by atoms with Crippen LogP contribution < -0.4 is 4.90 Å². The Bertz CT molecular complexity index is 746. The molecule has 1 unspecified atom stereocenters. The van der Waals surface area contributed by atoms with Crippen molar-refractivity contribution < 1.29 is 4.74 Å². The largest absolute Gasteiger partial charge is 0.367 e. The summed E-state index contributed by atoms with van der Waals surface area (Å²) >= 11 is 1.63. The Morgan fingerprint density at radius 3 is 2.95 bits per heavy atom. The Balaban J connectivity index is 1.62. The van der Waals surface area contributed by atoms with E-state index in [-0.39, 0.29) is 6.10 Å². The first-order valence-electron chi connectivity index (χ1n) is 6.88. The standard InChI is InChI=1S/C15H14N4OS/c1-2-4-12-11(3-1)17-9-14(18-12)19-6-7-20-13(10-19)15-16-5-8-21-15/h1-5,8-9,13H,6-7,10H2. The van der Waals surface area contributed by atoms with Crippen LogP contribution in [0.1, 0.15) is 11.1 Å². The first kappa shape index (κ1) is 12.7. The van der Waals surface area contributed by atoms with Crippen molar-refractivity contribution in [2.45, 2.75) is 6.10 Å². The van der Waals surface area contributed by atoms with Gasteiger partial charge in [0.05, 0.1) is 30.4 Å². The van der Waals surface area contributed by atoms with Gasteiger partial charge in [-0.1, -0.05) is 12.1 Å². The maximum absolute atomic E-state index is 5.82. The van der Waals surface area contributed by atoms with Crippen molar-refractivity contribution >= 4 is 28.2 Å². The van der Waals surface area contributed by atoms with Gasteiger partial charge in [-0.05, 0) is 12.1 Å². The van der Waals surface area contributed by atoms with Crippen molar-refractivity contribution in [3.8, 4) is 0 Å². The van der Waals surface area contributed by atoms with Gasteiger partial charge in [0.25, 0.3) is 0 Å². The molecule has 5 nitrogen and oxygen atoms in total. The summed E-state index contributed by atoms with van der Waals surface area (Å²) in [5.41, 5.74) is 1.85. The second-order valence-corrected chi connectivity index (χ2v) is 5.82. The Labute approximate surface area is 126 Å². The van der Waals surface area contributed by atoms with Crippen LogP contribution in [0.15, 0.2) is 42.0 Å². The lowest BCUT2D eigenvalue weighted by Gasteiger charge is -2.32. The number of morpholine rings is 1. The van der Waals surface area contributed by atoms with Crippen LogP contribution in [0.2, 0.25) is 0 Å². The summed E-state index contributed by atoms with van der Waals surface area (Å²) in [4.78, 5) is 15.8. The monoisotopic (exact) mass is 298 g/mol. The summed E-state index contributed by atoms with van der Waals surface area (Å²) in [7, 11) is 0. The molecule has 4 rings (SSSR count). The fourth-order valence-electron chi connectivity index (χ4n) is 2.50. The Morgan fingerprint density at radius 2 is 2.10 bits per heavy atom. The summed E-state index contributed by atoms with van der Waals surface area (Å²) in [5.74, 6) is 0.901. The van der Waals surface area contributed by atoms with Crippen LogP contribution in [-0.2, 0) is 4.74 Å². The lowest BCUT2D eigenvalue weighted by atomic mass is 10.2. The SMILES string of the molecule is c1ccc2nc(N3CCOC(c4nccs4)C3)cnc2c1. The van der Waals surface area contributed by atoms with Crippen molar-refractivity contribution in [2.24, 2.45) is 0 Å². The predicted octanol–water partition coefficient (Wildman–Crippen LogP) is 2.66. The molecule has 0 bridgehead atoms. The highest BCUT2D eigenvalue weighted by Gasteiger charge is 2.24. The number of nitrogens with zero attached hydrogens (tertiary/aromatic N) is 4. The number of fused-ring (bicyclic) bond motifs is 1. The summed E-state index contributed by atoms with van der Waals surface area (Å²) in [6, 6.07) is 7.93. The van der Waals surface area contributed by atoms with E-state index in [0.29, 0.717) is 6.61 Å². The molecule has 2 aromatic heterocycles. The molecule has 0 aliphatic carbocycles. The van der Waals surface area contributed by atoms with Gasteiger partial charge < -0.3 is 9.64 Å². The number of thiazole rings is 1. The van der Waals surface area contributed by atoms with E-state index in [1.54, 1.807) is 11.3 Å². The average molecular weight is 298 g/mol. The van der Waals surface area contributed by atoms with Crippen molar-refractivity contribution in [1.29, 1.82) is 0 Å². The van der Waals surface area contributed by atoms with Gasteiger partial charge in [-0.2, -0.15) is 0 Å². The van der Waals surface area contributed by atoms with E-state index in [1.807, 2.05) is 42.0 Å². The molecule has 0 spiro atoms. The van der Waals surface area contributed by atoms with Gasteiger partial charge in [0.1, 0.15) is 16.9 Å². The molecule has 0 amide bonds. The van der Waals surface area contributed by atoms with E-state index < -0.39 is 0 Å². The number of aromatic nitrogens is 3. The number of hydrogen-bond acceptors (Lipinski definition) is 6. The normalized spacial score (nSPS) is 19.0. The third-order valence-electron chi connectivity index (χ3n) is 3.55. The number of ether oxygens (including phenoxy) is 1. The second-order valence-electron chi connectivity index (χ2n) is 4.89. The zero-order valence-corrected chi connectivity index (χ0v) is 12.2. The molecule has 0 saturated carbocycles. The van der Waals surface area contributed by atoms with Crippen LogP contribution in [0.3, 0.4) is 0 Å². The first-order valence-corrected chi connectivity index (χ1v) is 7.76. The maximum atomic E-state index is 5.82. The van der Waals surface area contributed by atoms with E-state index in [1.165, 1.54) is 0 Å². The van der Waals surface area contributed by atoms with Crippen LogP contribution >= 0.6 is 11.3 Å². The maximum Gasteiger partial charge on any atom is 0.148 e. The Hall–Kier alpha value is -2.05. The van der Waals surface area contributed by atoms with Crippen LogP contribution in [0.25, 0.3) is 11.0 Å². The molecule has 1 fully saturated rings. The van der Waals surface area contributed by atoms with Crippen molar-refractivity contribution in [3.05, 3.63) is 47.0 Å². The number of benzene rings is 1. The Morgan fingerprint density at radius 1 is 1.19 bits per heavy atom. The lowest BCUT2D eigenvalue weighted by molar-refractivity contribution is 0.0394. The number of hydrogen-bond donors (Lipinski definition) is 0. The van der Waals surface area contributed by atoms with E-state index in [4.69, 9.17) is 9.72 Å². The van der Waals surface area contributed by atoms with Crippen molar-refractivity contribution in [2.75, 3.05) is 24.6 Å². The van der Waals surface area contributed by atoms with E-state index in [0.717, 1.165) is 34.9 Å². The van der Waals surface area contributed by atoms with E-state index in [9.17, 15) is 0 Å². The fraction of sp³-hybridized carbons (Fsp3) is 0.267. The molecule has 1 aliphatic rings. The summed E-state index contributed by atoms with van der Waals surface area (Å²) < 4.78 is 5.82. The molecule has 1 atom stereocenters. The molecule has 3 heterocycles. The highest BCUT2D eigenvalue weighted by molar-refractivity contribution is 7.09. The third kappa shape index (κ3) is 2.48. The van der Waals surface area contributed by atoms with Gasteiger partial charge in [-0.15, -0.1) is 11.3 Å². The zero-order chi connectivity index (χ0) is 14.1. The minimum Gasteiger partial charge on any atom is -0.367 e. The third-order valence-corrected chi connectivity index (χ3v) is 4.42. The van der Waals surface area contributed by atoms with E-state index >= 15 is 0 Å². The van der Waals surface area contributed by atoms with Gasteiger partial charge in [0.15, 0.2) is 0 Å². The number of para-hydroxylation sites is 2. The topological polar surface area (TPSA) is 51.1 Å². The number of rotatable bonds is 2. The van der Waals surface area contributed by atoms with Crippen molar-refractivity contribution in [1.82, 2.24) is 15.0 Å². The average Bonchev–Trinajstić information content (AvgIpc) is 3.09. The molecule has 21 heavy (non-hydrogen) atoms. The molecule has 0 N–H and O–H groups in total. The minimum absolute atomic E-state index is 0.0204. The molecule has 0 radical (unpaired) electrons. The molecule has 106 valence electrons. The van der Waals surface area contributed by atoms with Crippen molar-refractivity contribution in [3.63, 3.8) is 0 Å². The predicted molar refractivity (Wildman–Crippen MR) is 82.6 cm³/mol. The highest BCUT2D eigenvalue weighted by atomic mass is 32.1. The summed E-state index contributed by atoms with van der Waals surface area (Å²) in [6.07, 6.45) is 3.68. The van der Waals surface area contributed by atoms with Crippen LogP contribution in [0, 0.1) is 0 Å². The highest BCUT2D eigenvalue weighted by Crippen LogP contribution is 2.26. The quantitative estimate of drug-likeness (QED) is 0.728. The molecule has 1 aromatic carbocycles. The van der Waals surface area contributed by atoms with E-state index in [2.05, 4.69) is 14.9 Å².